The fourth-order valence-corrected chi connectivity index (χ4v) is 1.76. The van der Waals surface area contributed by atoms with Gasteiger partial charge in [-0.2, -0.15) is 0 Å². The number of aryl methyl sites for hydroxylation is 1. The standard InChI is InChI=1S/C13H11F2NO4/c1-6-11(13(17)19-3)12(16-20-6)7-4-9(15)10(18-2)5-8(7)14/h4-5H,1-3H3. The van der Waals surface area contributed by atoms with Gasteiger partial charge in [-0.3, -0.25) is 0 Å². The number of aromatic nitrogens is 1. The molecule has 0 saturated heterocycles. The normalized spacial score (nSPS) is 10.4. The summed E-state index contributed by atoms with van der Waals surface area (Å²) in [6.07, 6.45) is 0. The Hall–Kier alpha value is -2.44. The Balaban J connectivity index is 2.64. The number of esters is 1. The molecule has 0 radical (unpaired) electrons. The van der Waals surface area contributed by atoms with Crippen molar-refractivity contribution in [2.75, 3.05) is 14.2 Å². The van der Waals surface area contributed by atoms with Crippen LogP contribution in [0.4, 0.5) is 8.78 Å². The van der Waals surface area contributed by atoms with Gasteiger partial charge in [-0.25, -0.2) is 13.6 Å². The zero-order valence-corrected chi connectivity index (χ0v) is 11.0. The van der Waals surface area contributed by atoms with Gasteiger partial charge in [-0.15, -0.1) is 0 Å². The predicted molar refractivity (Wildman–Crippen MR) is 64.5 cm³/mol. The lowest BCUT2D eigenvalue weighted by Gasteiger charge is -2.06. The number of benzene rings is 1. The van der Waals surface area contributed by atoms with Crippen molar-refractivity contribution in [2.45, 2.75) is 6.92 Å². The number of nitrogens with zero attached hydrogens (tertiary/aromatic N) is 1. The van der Waals surface area contributed by atoms with Gasteiger partial charge in [-0.1, -0.05) is 5.16 Å². The Kier molecular flexibility index (Phi) is 3.69. The molecule has 5 nitrogen and oxygen atoms in total. The van der Waals surface area contributed by atoms with E-state index in [1.807, 2.05) is 0 Å². The predicted octanol–water partition coefficient (Wildman–Crippen LogP) is 2.72. The van der Waals surface area contributed by atoms with Crippen molar-refractivity contribution < 1.29 is 27.6 Å². The van der Waals surface area contributed by atoms with Gasteiger partial charge in [0.2, 0.25) is 0 Å². The fourth-order valence-electron chi connectivity index (χ4n) is 1.76. The van der Waals surface area contributed by atoms with E-state index in [2.05, 4.69) is 14.6 Å². The van der Waals surface area contributed by atoms with Crippen LogP contribution in [0.3, 0.4) is 0 Å². The second kappa shape index (κ2) is 5.28. The van der Waals surface area contributed by atoms with Crippen molar-refractivity contribution in [3.05, 3.63) is 35.1 Å². The highest BCUT2D eigenvalue weighted by Gasteiger charge is 2.25. The number of ether oxygens (including phenoxy) is 2. The molecule has 2 rings (SSSR count). The van der Waals surface area contributed by atoms with Gasteiger partial charge in [0.1, 0.15) is 22.8 Å². The van der Waals surface area contributed by atoms with Crippen LogP contribution in [0.15, 0.2) is 16.7 Å². The van der Waals surface area contributed by atoms with Crippen molar-refractivity contribution in [3.63, 3.8) is 0 Å². The number of rotatable bonds is 3. The van der Waals surface area contributed by atoms with Crippen molar-refractivity contribution in [1.82, 2.24) is 5.16 Å². The lowest BCUT2D eigenvalue weighted by molar-refractivity contribution is 0.0599. The third-order valence-corrected chi connectivity index (χ3v) is 2.75. The molecule has 0 spiro atoms. The van der Waals surface area contributed by atoms with E-state index >= 15 is 0 Å². The molecule has 0 atom stereocenters. The minimum atomic E-state index is -0.790. The van der Waals surface area contributed by atoms with Crippen LogP contribution >= 0.6 is 0 Å². The molecule has 0 fully saturated rings. The highest BCUT2D eigenvalue weighted by atomic mass is 19.1. The summed E-state index contributed by atoms with van der Waals surface area (Å²) in [5, 5.41) is 3.59. The Morgan fingerprint density at radius 2 is 1.95 bits per heavy atom. The Labute approximate surface area is 113 Å². The summed E-state index contributed by atoms with van der Waals surface area (Å²) in [7, 11) is 2.39. The third kappa shape index (κ3) is 2.22. The number of carbonyl (C=O) groups excluding carboxylic acids is 1. The van der Waals surface area contributed by atoms with Gasteiger partial charge >= 0.3 is 5.97 Å². The molecule has 1 aromatic heterocycles. The van der Waals surface area contributed by atoms with E-state index in [1.165, 1.54) is 21.1 Å². The fraction of sp³-hybridized carbons (Fsp3) is 0.231. The lowest BCUT2D eigenvalue weighted by Crippen LogP contribution is -2.04. The molecule has 106 valence electrons. The van der Waals surface area contributed by atoms with Crippen molar-refractivity contribution in [1.29, 1.82) is 0 Å². The van der Waals surface area contributed by atoms with E-state index in [0.717, 1.165) is 12.1 Å². The lowest BCUT2D eigenvalue weighted by atomic mass is 10.1. The third-order valence-electron chi connectivity index (χ3n) is 2.75. The Bertz CT molecular complexity index is 667. The number of methoxy groups -OCH3 is 2. The molecule has 1 aromatic carbocycles. The molecule has 0 amide bonds. The SMILES string of the molecule is COC(=O)c1c(-c2cc(F)c(OC)cc2F)noc1C. The smallest absolute Gasteiger partial charge is 0.343 e. The van der Waals surface area contributed by atoms with E-state index in [1.54, 1.807) is 0 Å². The van der Waals surface area contributed by atoms with Crippen LogP contribution in [-0.2, 0) is 4.74 Å². The molecule has 1 heterocycles. The summed E-state index contributed by atoms with van der Waals surface area (Å²) in [6.45, 7) is 1.47. The highest BCUT2D eigenvalue weighted by molar-refractivity contribution is 5.97. The average molecular weight is 283 g/mol. The topological polar surface area (TPSA) is 61.6 Å². The molecule has 0 saturated carbocycles. The summed E-state index contributed by atoms with van der Waals surface area (Å²) >= 11 is 0. The summed E-state index contributed by atoms with van der Waals surface area (Å²) in [4.78, 5) is 11.6. The largest absolute Gasteiger partial charge is 0.494 e. The van der Waals surface area contributed by atoms with Crippen LogP contribution in [-0.4, -0.2) is 25.3 Å². The molecular weight excluding hydrogens is 272 g/mol. The molecule has 0 unspecified atom stereocenters. The first-order chi connectivity index (χ1) is 9.49. The van der Waals surface area contributed by atoms with E-state index in [-0.39, 0.29) is 28.3 Å². The molecule has 7 heteroatoms. The number of halogens is 2. The summed E-state index contributed by atoms with van der Waals surface area (Å²) in [5.41, 5.74) is -0.370. The first-order valence-corrected chi connectivity index (χ1v) is 5.57. The maximum Gasteiger partial charge on any atom is 0.343 e. The number of hydrogen-bond donors (Lipinski definition) is 0. The van der Waals surface area contributed by atoms with Gasteiger partial charge < -0.3 is 14.0 Å². The van der Waals surface area contributed by atoms with Crippen molar-refractivity contribution in [2.24, 2.45) is 0 Å². The van der Waals surface area contributed by atoms with Gasteiger partial charge in [0.25, 0.3) is 0 Å². The van der Waals surface area contributed by atoms with E-state index < -0.39 is 17.6 Å². The van der Waals surface area contributed by atoms with Gasteiger partial charge in [0.05, 0.1) is 14.2 Å². The molecule has 2 aromatic rings. The highest BCUT2D eigenvalue weighted by Crippen LogP contribution is 2.31. The summed E-state index contributed by atoms with van der Waals surface area (Å²) < 4.78 is 41.7. The summed E-state index contributed by atoms with van der Waals surface area (Å²) in [5.74, 6) is -2.40. The quantitative estimate of drug-likeness (QED) is 0.810. The average Bonchev–Trinajstić information content (AvgIpc) is 2.81. The minimum absolute atomic E-state index is 0.0454. The monoisotopic (exact) mass is 283 g/mol. The Morgan fingerprint density at radius 1 is 1.25 bits per heavy atom. The van der Waals surface area contributed by atoms with Crippen LogP contribution < -0.4 is 4.74 Å². The molecule has 0 bridgehead atoms. The maximum atomic E-state index is 14.0. The van der Waals surface area contributed by atoms with E-state index in [9.17, 15) is 13.6 Å². The molecule has 0 aliphatic heterocycles. The molecule has 0 aliphatic rings. The van der Waals surface area contributed by atoms with Gasteiger partial charge in [-0.05, 0) is 13.0 Å². The Morgan fingerprint density at radius 3 is 2.55 bits per heavy atom. The van der Waals surface area contributed by atoms with Crippen LogP contribution in [0.1, 0.15) is 16.1 Å². The van der Waals surface area contributed by atoms with E-state index in [0.29, 0.717) is 0 Å². The molecular formula is C13H11F2NO4. The second-order valence-electron chi connectivity index (χ2n) is 3.92. The van der Waals surface area contributed by atoms with Crippen LogP contribution in [0.25, 0.3) is 11.3 Å². The van der Waals surface area contributed by atoms with Crippen molar-refractivity contribution >= 4 is 5.97 Å². The number of hydrogen-bond acceptors (Lipinski definition) is 5. The van der Waals surface area contributed by atoms with Gasteiger partial charge in [0.15, 0.2) is 11.6 Å². The van der Waals surface area contributed by atoms with Crippen LogP contribution in [0.5, 0.6) is 5.75 Å². The van der Waals surface area contributed by atoms with E-state index in [4.69, 9.17) is 4.52 Å². The summed E-state index contributed by atoms with van der Waals surface area (Å²) in [6, 6.07) is 1.76. The number of carbonyl (C=O) groups is 1. The minimum Gasteiger partial charge on any atom is -0.494 e. The first kappa shape index (κ1) is 14.0. The maximum absolute atomic E-state index is 14.0. The molecule has 20 heavy (non-hydrogen) atoms. The van der Waals surface area contributed by atoms with Crippen LogP contribution in [0.2, 0.25) is 0 Å². The molecule has 0 N–H and O–H groups in total. The zero-order valence-electron chi connectivity index (χ0n) is 11.0. The zero-order chi connectivity index (χ0) is 14.9. The molecule has 0 aliphatic carbocycles. The van der Waals surface area contributed by atoms with Crippen LogP contribution in [0, 0.1) is 18.6 Å². The van der Waals surface area contributed by atoms with Crippen molar-refractivity contribution in [3.8, 4) is 17.0 Å². The first-order valence-electron chi connectivity index (χ1n) is 5.57. The van der Waals surface area contributed by atoms with Gasteiger partial charge in [0, 0.05) is 11.6 Å². The second-order valence-corrected chi connectivity index (χ2v) is 3.92.